The molecule has 0 radical (unpaired) electrons. The standard InChI is InChI=1S/C13H17N3O4S/c1-6-7(2)21-11(10(6)12(18)19)16-13(20)14-5-8-3-4-9(17)15-8/h8H,3-5H2,1-2H3,(H,15,17)(H,18,19)(H2,14,16,20). The van der Waals surface area contributed by atoms with Crippen molar-refractivity contribution >= 4 is 34.2 Å². The van der Waals surface area contributed by atoms with Crippen molar-refractivity contribution in [3.63, 3.8) is 0 Å². The van der Waals surface area contributed by atoms with Gasteiger partial charge in [0.15, 0.2) is 0 Å². The molecule has 7 nitrogen and oxygen atoms in total. The molecule has 0 aromatic carbocycles. The zero-order chi connectivity index (χ0) is 15.6. The Morgan fingerprint density at radius 2 is 2.14 bits per heavy atom. The monoisotopic (exact) mass is 311 g/mol. The molecule has 1 aliphatic rings. The third-order valence-electron chi connectivity index (χ3n) is 3.42. The number of aryl methyl sites for hydroxylation is 1. The van der Waals surface area contributed by atoms with Crippen LogP contribution in [0.4, 0.5) is 9.80 Å². The number of carboxylic acids is 1. The molecular weight excluding hydrogens is 294 g/mol. The Morgan fingerprint density at radius 3 is 2.71 bits per heavy atom. The quantitative estimate of drug-likeness (QED) is 0.675. The van der Waals surface area contributed by atoms with Gasteiger partial charge >= 0.3 is 12.0 Å². The van der Waals surface area contributed by atoms with Crippen molar-refractivity contribution in [2.45, 2.75) is 32.7 Å². The first-order valence-corrected chi connectivity index (χ1v) is 7.37. The molecule has 21 heavy (non-hydrogen) atoms. The maximum Gasteiger partial charge on any atom is 0.338 e. The largest absolute Gasteiger partial charge is 0.478 e. The van der Waals surface area contributed by atoms with Gasteiger partial charge in [-0.1, -0.05) is 0 Å². The minimum atomic E-state index is -1.06. The lowest BCUT2D eigenvalue weighted by atomic mass is 10.1. The minimum Gasteiger partial charge on any atom is -0.478 e. The maximum atomic E-state index is 11.8. The Bertz CT molecular complexity index is 596. The topological polar surface area (TPSA) is 108 Å². The molecule has 2 heterocycles. The summed E-state index contributed by atoms with van der Waals surface area (Å²) in [6, 6.07) is -0.533. The molecule has 2 rings (SSSR count). The average Bonchev–Trinajstić information content (AvgIpc) is 2.92. The second kappa shape index (κ2) is 6.13. The summed E-state index contributed by atoms with van der Waals surface area (Å²) in [6.07, 6.45) is 1.16. The predicted octanol–water partition coefficient (Wildman–Crippen LogP) is 1.46. The summed E-state index contributed by atoms with van der Waals surface area (Å²) in [6.45, 7) is 3.85. The summed E-state index contributed by atoms with van der Waals surface area (Å²) in [5, 5.41) is 17.5. The third kappa shape index (κ3) is 3.52. The van der Waals surface area contributed by atoms with Crippen LogP contribution in [-0.2, 0) is 4.79 Å². The molecule has 0 bridgehead atoms. The second-order valence-corrected chi connectivity index (χ2v) is 6.16. The van der Waals surface area contributed by atoms with Crippen LogP contribution in [0.2, 0.25) is 0 Å². The van der Waals surface area contributed by atoms with Gasteiger partial charge in [0.05, 0.1) is 5.56 Å². The van der Waals surface area contributed by atoms with Crippen molar-refractivity contribution in [3.05, 3.63) is 16.0 Å². The molecule has 1 aromatic heterocycles. The van der Waals surface area contributed by atoms with Gasteiger partial charge in [-0.2, -0.15) is 0 Å². The summed E-state index contributed by atoms with van der Waals surface area (Å²) >= 11 is 1.23. The zero-order valence-electron chi connectivity index (χ0n) is 11.8. The van der Waals surface area contributed by atoms with Gasteiger partial charge in [0, 0.05) is 23.9 Å². The van der Waals surface area contributed by atoms with E-state index in [0.717, 1.165) is 4.88 Å². The van der Waals surface area contributed by atoms with E-state index in [9.17, 15) is 19.5 Å². The number of carboxylic acid groups (broad SMARTS) is 1. The van der Waals surface area contributed by atoms with Crippen LogP contribution in [0, 0.1) is 13.8 Å². The van der Waals surface area contributed by atoms with Crippen LogP contribution in [-0.4, -0.2) is 35.6 Å². The molecule has 114 valence electrons. The highest BCUT2D eigenvalue weighted by atomic mass is 32.1. The normalized spacial score (nSPS) is 17.4. The number of hydrogen-bond donors (Lipinski definition) is 4. The number of rotatable bonds is 4. The molecule has 1 unspecified atom stereocenters. The van der Waals surface area contributed by atoms with E-state index >= 15 is 0 Å². The Kier molecular flexibility index (Phi) is 4.46. The van der Waals surface area contributed by atoms with Crippen LogP contribution in [0.3, 0.4) is 0 Å². The van der Waals surface area contributed by atoms with Gasteiger partial charge in [-0.05, 0) is 25.8 Å². The predicted molar refractivity (Wildman–Crippen MR) is 78.9 cm³/mol. The molecular formula is C13H17N3O4S. The molecule has 3 amide bonds. The number of aromatic carboxylic acids is 1. The van der Waals surface area contributed by atoms with E-state index in [1.807, 2.05) is 6.92 Å². The van der Waals surface area contributed by atoms with Crippen LogP contribution in [0.1, 0.15) is 33.6 Å². The van der Waals surface area contributed by atoms with Crippen LogP contribution in [0.5, 0.6) is 0 Å². The lowest BCUT2D eigenvalue weighted by Gasteiger charge is -2.12. The number of anilines is 1. The summed E-state index contributed by atoms with van der Waals surface area (Å²) in [7, 11) is 0. The number of urea groups is 1. The zero-order valence-corrected chi connectivity index (χ0v) is 12.6. The first-order chi connectivity index (χ1) is 9.88. The van der Waals surface area contributed by atoms with Crippen molar-refractivity contribution in [2.24, 2.45) is 0 Å². The molecule has 4 N–H and O–H groups in total. The number of nitrogens with one attached hydrogen (secondary N) is 3. The van der Waals surface area contributed by atoms with Gasteiger partial charge in [-0.3, -0.25) is 10.1 Å². The van der Waals surface area contributed by atoms with E-state index in [1.54, 1.807) is 6.92 Å². The molecule has 1 aromatic rings. The summed E-state index contributed by atoms with van der Waals surface area (Å²) in [5.41, 5.74) is 0.785. The van der Waals surface area contributed by atoms with Crippen LogP contribution < -0.4 is 16.0 Å². The van der Waals surface area contributed by atoms with E-state index in [4.69, 9.17) is 0 Å². The van der Waals surface area contributed by atoms with Gasteiger partial charge < -0.3 is 15.7 Å². The van der Waals surface area contributed by atoms with Crippen molar-refractivity contribution < 1.29 is 19.5 Å². The van der Waals surface area contributed by atoms with Crippen LogP contribution in [0.25, 0.3) is 0 Å². The number of amides is 3. The second-order valence-electron chi connectivity index (χ2n) is 4.93. The summed E-state index contributed by atoms with van der Waals surface area (Å²) in [5.74, 6) is -1.07. The van der Waals surface area contributed by atoms with E-state index in [1.165, 1.54) is 11.3 Å². The Balaban J connectivity index is 1.95. The van der Waals surface area contributed by atoms with Gasteiger partial charge in [0.25, 0.3) is 0 Å². The number of hydrogen-bond acceptors (Lipinski definition) is 4. The molecule has 1 fully saturated rings. The highest BCUT2D eigenvalue weighted by Crippen LogP contribution is 2.32. The fourth-order valence-electron chi connectivity index (χ4n) is 2.17. The van der Waals surface area contributed by atoms with E-state index in [2.05, 4.69) is 16.0 Å². The first kappa shape index (κ1) is 15.3. The Labute approximate surface area is 125 Å². The molecule has 0 aliphatic carbocycles. The molecule has 0 saturated carbocycles. The average molecular weight is 311 g/mol. The first-order valence-electron chi connectivity index (χ1n) is 6.56. The van der Waals surface area contributed by atoms with Gasteiger partial charge in [-0.25, -0.2) is 9.59 Å². The third-order valence-corrected chi connectivity index (χ3v) is 4.54. The number of thiophene rings is 1. The van der Waals surface area contributed by atoms with Gasteiger partial charge in [-0.15, -0.1) is 11.3 Å². The van der Waals surface area contributed by atoms with Gasteiger partial charge in [0.1, 0.15) is 5.00 Å². The van der Waals surface area contributed by atoms with Crippen molar-refractivity contribution in [2.75, 3.05) is 11.9 Å². The lowest BCUT2D eigenvalue weighted by Crippen LogP contribution is -2.40. The fourth-order valence-corrected chi connectivity index (χ4v) is 3.21. The molecule has 8 heteroatoms. The molecule has 1 atom stereocenters. The molecule has 0 spiro atoms. The Morgan fingerprint density at radius 1 is 1.43 bits per heavy atom. The van der Waals surface area contributed by atoms with Gasteiger partial charge in [0.2, 0.25) is 5.91 Å². The van der Waals surface area contributed by atoms with Crippen LogP contribution in [0.15, 0.2) is 0 Å². The smallest absolute Gasteiger partial charge is 0.338 e. The minimum absolute atomic E-state index is 0.0140. The Hall–Kier alpha value is -2.09. The maximum absolute atomic E-state index is 11.8. The number of carbonyl (C=O) groups is 3. The highest BCUT2D eigenvalue weighted by Gasteiger charge is 2.23. The number of carbonyl (C=O) groups excluding carboxylic acids is 2. The van der Waals surface area contributed by atoms with Crippen molar-refractivity contribution in [3.8, 4) is 0 Å². The highest BCUT2D eigenvalue weighted by molar-refractivity contribution is 7.16. The van der Waals surface area contributed by atoms with E-state index in [0.29, 0.717) is 30.0 Å². The SMILES string of the molecule is Cc1sc(NC(=O)NCC2CCC(=O)N2)c(C(=O)O)c1C. The van der Waals surface area contributed by atoms with Crippen molar-refractivity contribution in [1.82, 2.24) is 10.6 Å². The lowest BCUT2D eigenvalue weighted by molar-refractivity contribution is -0.119. The summed E-state index contributed by atoms with van der Waals surface area (Å²) in [4.78, 5) is 35.0. The van der Waals surface area contributed by atoms with E-state index in [-0.39, 0.29) is 17.5 Å². The molecule has 1 saturated heterocycles. The van der Waals surface area contributed by atoms with Crippen LogP contribution >= 0.6 is 11.3 Å². The summed E-state index contributed by atoms with van der Waals surface area (Å²) < 4.78 is 0. The van der Waals surface area contributed by atoms with Crippen molar-refractivity contribution in [1.29, 1.82) is 0 Å². The van der Waals surface area contributed by atoms with E-state index < -0.39 is 12.0 Å². The molecule has 1 aliphatic heterocycles. The fraction of sp³-hybridized carbons (Fsp3) is 0.462.